The molecule has 0 saturated carbocycles. The summed E-state index contributed by atoms with van der Waals surface area (Å²) in [5.41, 5.74) is 1.65. The van der Waals surface area contributed by atoms with Crippen molar-refractivity contribution in [3.63, 3.8) is 0 Å². The van der Waals surface area contributed by atoms with Crippen molar-refractivity contribution in [2.45, 2.75) is 26.7 Å². The predicted molar refractivity (Wildman–Crippen MR) is 49.7 cm³/mol. The molecule has 1 heterocycles. The van der Waals surface area contributed by atoms with Crippen LogP contribution in [0.4, 0.5) is 0 Å². The maximum absolute atomic E-state index is 2.40. The Kier molecular flexibility index (Phi) is 3.13. The van der Waals surface area contributed by atoms with Gasteiger partial charge in [-0.1, -0.05) is 25.5 Å². The van der Waals surface area contributed by atoms with Crippen molar-refractivity contribution in [2.24, 2.45) is 5.92 Å². The SMILES string of the molecule is CC(C)C1=CCN(C)CCC1. The summed E-state index contributed by atoms with van der Waals surface area (Å²) in [4.78, 5) is 2.38. The molecule has 11 heavy (non-hydrogen) atoms. The Bertz CT molecular complexity index is 147. The molecule has 0 unspecified atom stereocenters. The standard InChI is InChI=1S/C10H19N/c1-9(2)10-5-4-7-11(3)8-6-10/h6,9H,4-5,7-8H2,1-3H3. The van der Waals surface area contributed by atoms with Gasteiger partial charge in [-0.05, 0) is 32.4 Å². The first kappa shape index (κ1) is 8.79. The monoisotopic (exact) mass is 153 g/mol. The molecule has 64 valence electrons. The van der Waals surface area contributed by atoms with Gasteiger partial charge < -0.3 is 4.90 Å². The number of rotatable bonds is 1. The summed E-state index contributed by atoms with van der Waals surface area (Å²) in [5, 5.41) is 0. The van der Waals surface area contributed by atoms with Crippen LogP contribution in [0.5, 0.6) is 0 Å². The van der Waals surface area contributed by atoms with Gasteiger partial charge >= 0.3 is 0 Å². The molecule has 0 aromatic heterocycles. The molecule has 0 spiro atoms. The molecule has 1 rings (SSSR count). The smallest absolute Gasteiger partial charge is 0.0162 e. The number of likely N-dealkylation sites (N-methyl/N-ethyl adjacent to an activating group) is 1. The number of nitrogens with zero attached hydrogens (tertiary/aromatic N) is 1. The first-order valence-electron chi connectivity index (χ1n) is 4.57. The van der Waals surface area contributed by atoms with Gasteiger partial charge in [0.2, 0.25) is 0 Å². The molecule has 0 aliphatic carbocycles. The summed E-state index contributed by atoms with van der Waals surface area (Å²) in [7, 11) is 2.19. The average Bonchev–Trinajstić information content (AvgIpc) is 2.13. The molecule has 0 saturated heterocycles. The van der Waals surface area contributed by atoms with Crippen molar-refractivity contribution in [1.29, 1.82) is 0 Å². The van der Waals surface area contributed by atoms with Crippen molar-refractivity contribution in [3.05, 3.63) is 11.6 Å². The van der Waals surface area contributed by atoms with Crippen LogP contribution in [0.3, 0.4) is 0 Å². The van der Waals surface area contributed by atoms with E-state index in [9.17, 15) is 0 Å². The summed E-state index contributed by atoms with van der Waals surface area (Å²) < 4.78 is 0. The average molecular weight is 153 g/mol. The number of hydrogen-bond donors (Lipinski definition) is 0. The van der Waals surface area contributed by atoms with E-state index < -0.39 is 0 Å². The van der Waals surface area contributed by atoms with E-state index in [0.717, 1.165) is 12.5 Å². The zero-order valence-electron chi connectivity index (χ0n) is 7.93. The highest BCUT2D eigenvalue weighted by molar-refractivity contribution is 5.07. The van der Waals surface area contributed by atoms with Crippen LogP contribution >= 0.6 is 0 Å². The lowest BCUT2D eigenvalue weighted by Crippen LogP contribution is -2.17. The summed E-state index contributed by atoms with van der Waals surface area (Å²) in [6.45, 7) is 6.98. The molecule has 0 atom stereocenters. The van der Waals surface area contributed by atoms with Gasteiger partial charge in [0.25, 0.3) is 0 Å². The maximum atomic E-state index is 2.40. The summed E-state index contributed by atoms with van der Waals surface area (Å²) >= 11 is 0. The second-order valence-electron chi connectivity index (χ2n) is 3.80. The zero-order valence-corrected chi connectivity index (χ0v) is 7.93. The molecule has 1 aliphatic heterocycles. The predicted octanol–water partition coefficient (Wildman–Crippen LogP) is 2.29. The highest BCUT2D eigenvalue weighted by Crippen LogP contribution is 2.18. The second kappa shape index (κ2) is 3.91. The van der Waals surface area contributed by atoms with Gasteiger partial charge in [0.15, 0.2) is 0 Å². The molecule has 0 fully saturated rings. The highest BCUT2D eigenvalue weighted by Gasteiger charge is 2.07. The molecule has 1 nitrogen and oxygen atoms in total. The van der Waals surface area contributed by atoms with Crippen molar-refractivity contribution in [2.75, 3.05) is 20.1 Å². The van der Waals surface area contributed by atoms with Gasteiger partial charge in [0.05, 0.1) is 0 Å². The number of hydrogen-bond acceptors (Lipinski definition) is 1. The van der Waals surface area contributed by atoms with Crippen LogP contribution in [0.2, 0.25) is 0 Å². The largest absolute Gasteiger partial charge is 0.303 e. The lowest BCUT2D eigenvalue weighted by molar-refractivity contribution is 0.372. The summed E-state index contributed by atoms with van der Waals surface area (Å²) in [6.07, 6.45) is 5.04. The fourth-order valence-electron chi connectivity index (χ4n) is 1.54. The Labute approximate surface area is 70.1 Å². The van der Waals surface area contributed by atoms with Gasteiger partial charge in [0.1, 0.15) is 0 Å². The van der Waals surface area contributed by atoms with Gasteiger partial charge in [-0.25, -0.2) is 0 Å². The Morgan fingerprint density at radius 2 is 2.18 bits per heavy atom. The Balaban J connectivity index is 2.51. The third-order valence-electron chi connectivity index (χ3n) is 2.41. The van der Waals surface area contributed by atoms with Crippen molar-refractivity contribution < 1.29 is 0 Å². The van der Waals surface area contributed by atoms with Crippen LogP contribution in [0, 0.1) is 5.92 Å². The van der Waals surface area contributed by atoms with Crippen LogP contribution in [0.25, 0.3) is 0 Å². The third kappa shape index (κ3) is 2.66. The second-order valence-corrected chi connectivity index (χ2v) is 3.80. The van der Waals surface area contributed by atoms with Crippen LogP contribution < -0.4 is 0 Å². The van der Waals surface area contributed by atoms with E-state index in [1.54, 1.807) is 5.57 Å². The molecule has 0 bridgehead atoms. The molecule has 1 heteroatoms. The maximum Gasteiger partial charge on any atom is 0.0162 e. The Morgan fingerprint density at radius 3 is 2.82 bits per heavy atom. The zero-order chi connectivity index (χ0) is 8.27. The highest BCUT2D eigenvalue weighted by atomic mass is 15.1. The third-order valence-corrected chi connectivity index (χ3v) is 2.41. The quantitative estimate of drug-likeness (QED) is 0.522. The fourth-order valence-corrected chi connectivity index (χ4v) is 1.54. The topological polar surface area (TPSA) is 3.24 Å². The van der Waals surface area contributed by atoms with Crippen LogP contribution in [0.15, 0.2) is 11.6 Å². The number of allylic oxidation sites excluding steroid dienone is 1. The van der Waals surface area contributed by atoms with Gasteiger partial charge in [-0.15, -0.1) is 0 Å². The van der Waals surface area contributed by atoms with Crippen LogP contribution in [-0.4, -0.2) is 25.0 Å². The lowest BCUT2D eigenvalue weighted by Gasteiger charge is -2.09. The van der Waals surface area contributed by atoms with E-state index in [1.807, 2.05) is 0 Å². The van der Waals surface area contributed by atoms with Crippen molar-refractivity contribution in [1.82, 2.24) is 4.90 Å². The molecule has 0 aromatic carbocycles. The molecule has 1 aliphatic rings. The first-order valence-corrected chi connectivity index (χ1v) is 4.57. The Hall–Kier alpha value is -0.300. The van der Waals surface area contributed by atoms with E-state index in [-0.39, 0.29) is 0 Å². The van der Waals surface area contributed by atoms with Crippen LogP contribution in [0.1, 0.15) is 26.7 Å². The van der Waals surface area contributed by atoms with Crippen molar-refractivity contribution >= 4 is 0 Å². The molecule has 0 radical (unpaired) electrons. The summed E-state index contributed by atoms with van der Waals surface area (Å²) in [6, 6.07) is 0. The minimum absolute atomic E-state index is 0.751. The molecular weight excluding hydrogens is 134 g/mol. The minimum atomic E-state index is 0.751. The molecule has 0 amide bonds. The Morgan fingerprint density at radius 1 is 1.45 bits per heavy atom. The van der Waals surface area contributed by atoms with E-state index in [0.29, 0.717) is 0 Å². The van der Waals surface area contributed by atoms with Crippen molar-refractivity contribution in [3.8, 4) is 0 Å². The van der Waals surface area contributed by atoms with E-state index in [4.69, 9.17) is 0 Å². The minimum Gasteiger partial charge on any atom is -0.303 e. The van der Waals surface area contributed by atoms with Gasteiger partial charge in [-0.2, -0.15) is 0 Å². The fraction of sp³-hybridized carbons (Fsp3) is 0.800. The lowest BCUT2D eigenvalue weighted by atomic mass is 9.99. The van der Waals surface area contributed by atoms with Gasteiger partial charge in [-0.3, -0.25) is 0 Å². The summed E-state index contributed by atoms with van der Waals surface area (Å²) in [5.74, 6) is 0.751. The molecular formula is C10H19N. The van der Waals surface area contributed by atoms with E-state index in [1.165, 1.54) is 19.4 Å². The van der Waals surface area contributed by atoms with E-state index in [2.05, 4.69) is 31.9 Å². The van der Waals surface area contributed by atoms with Crippen LogP contribution in [-0.2, 0) is 0 Å². The van der Waals surface area contributed by atoms with E-state index >= 15 is 0 Å². The first-order chi connectivity index (χ1) is 5.20. The molecule has 0 N–H and O–H groups in total. The molecule has 0 aromatic rings. The van der Waals surface area contributed by atoms with Gasteiger partial charge in [0, 0.05) is 6.54 Å². The normalized spacial score (nSPS) is 21.6.